The summed E-state index contributed by atoms with van der Waals surface area (Å²) in [5, 5.41) is 1.08. The molecule has 1 amide bonds. The van der Waals surface area contributed by atoms with E-state index in [1.165, 1.54) is 5.56 Å². The number of benzene rings is 2. The van der Waals surface area contributed by atoms with Crippen LogP contribution in [-0.2, 0) is 11.2 Å². The molecule has 0 aliphatic carbocycles. The summed E-state index contributed by atoms with van der Waals surface area (Å²) in [5.41, 5.74) is 2.97. The Balaban J connectivity index is 1.20. The number of carbonyl (C=O) groups is 1. The van der Waals surface area contributed by atoms with Gasteiger partial charge in [0.15, 0.2) is 0 Å². The second-order valence-electron chi connectivity index (χ2n) is 9.00. The van der Waals surface area contributed by atoms with Crippen molar-refractivity contribution < 1.29 is 14.3 Å². The fourth-order valence-electron chi connectivity index (χ4n) is 5.22. The number of nitrogens with zero attached hydrogens (tertiary/aromatic N) is 1. The van der Waals surface area contributed by atoms with Crippen molar-refractivity contribution in [2.75, 3.05) is 26.8 Å². The zero-order valence-electron chi connectivity index (χ0n) is 18.1. The molecular formula is C26H30N2O3. The molecule has 3 aromatic rings. The summed E-state index contributed by atoms with van der Waals surface area (Å²) in [6, 6.07) is 18.4. The molecule has 2 aliphatic heterocycles. The van der Waals surface area contributed by atoms with Crippen molar-refractivity contribution in [3.63, 3.8) is 0 Å². The topological polar surface area (TPSA) is 54.6 Å². The Morgan fingerprint density at radius 3 is 2.68 bits per heavy atom. The maximum Gasteiger partial charge on any atom is 0.270 e. The third-order valence-electron chi connectivity index (χ3n) is 7.00. The lowest BCUT2D eigenvalue weighted by molar-refractivity contribution is -0.123. The smallest absolute Gasteiger partial charge is 0.270 e. The first kappa shape index (κ1) is 20.1. The first-order chi connectivity index (χ1) is 15.1. The molecule has 5 nitrogen and oxygen atoms in total. The lowest BCUT2D eigenvalue weighted by Gasteiger charge is -2.46. The summed E-state index contributed by atoms with van der Waals surface area (Å²) in [7, 11) is 1.70. The quantitative estimate of drug-likeness (QED) is 0.661. The Labute approximate surface area is 183 Å². The Morgan fingerprint density at radius 2 is 1.94 bits per heavy atom. The number of nitrogens with one attached hydrogen (secondary N) is 1. The monoisotopic (exact) mass is 418 g/mol. The minimum absolute atomic E-state index is 0.0768. The van der Waals surface area contributed by atoms with Gasteiger partial charge in [-0.05, 0) is 67.9 Å². The normalized spacial score (nSPS) is 20.8. The number of aromatic amines is 1. The Kier molecular flexibility index (Phi) is 5.45. The first-order valence-corrected chi connectivity index (χ1v) is 11.3. The van der Waals surface area contributed by atoms with Gasteiger partial charge in [-0.1, -0.05) is 30.3 Å². The average molecular weight is 419 g/mol. The molecule has 2 fully saturated rings. The van der Waals surface area contributed by atoms with Crippen molar-refractivity contribution in [1.82, 2.24) is 9.88 Å². The van der Waals surface area contributed by atoms with Crippen LogP contribution in [0, 0.1) is 5.92 Å². The molecule has 0 radical (unpaired) electrons. The number of fused-ring (bicyclic) bond motifs is 1. The second-order valence-corrected chi connectivity index (χ2v) is 9.00. The van der Waals surface area contributed by atoms with Crippen LogP contribution in [0.4, 0.5) is 0 Å². The second kappa shape index (κ2) is 8.39. The fraction of sp³-hybridized carbons (Fsp3) is 0.423. The molecule has 2 aromatic carbocycles. The number of H-pyrrole nitrogens is 1. The maximum absolute atomic E-state index is 13.0. The van der Waals surface area contributed by atoms with Crippen molar-refractivity contribution in [2.24, 2.45) is 5.92 Å². The highest BCUT2D eigenvalue weighted by Crippen LogP contribution is 2.39. The summed E-state index contributed by atoms with van der Waals surface area (Å²) in [6.07, 6.45) is 5.09. The molecule has 2 aliphatic rings. The van der Waals surface area contributed by atoms with Crippen LogP contribution in [0.5, 0.6) is 5.75 Å². The van der Waals surface area contributed by atoms with Crippen LogP contribution in [-0.4, -0.2) is 48.2 Å². The number of methoxy groups -OCH3 is 1. The summed E-state index contributed by atoms with van der Waals surface area (Å²) >= 11 is 0. The predicted octanol–water partition coefficient (Wildman–Crippen LogP) is 4.82. The lowest BCUT2D eigenvalue weighted by atomic mass is 9.77. The van der Waals surface area contributed by atoms with Crippen LogP contribution in [0.1, 0.15) is 41.7 Å². The summed E-state index contributed by atoms with van der Waals surface area (Å²) in [4.78, 5) is 18.3. The maximum atomic E-state index is 13.0. The zero-order chi connectivity index (χ0) is 21.3. The number of ether oxygens (including phenoxy) is 2. The number of carbonyl (C=O) groups excluding carboxylic acids is 1. The Hall–Kier alpha value is -2.79. The van der Waals surface area contributed by atoms with Crippen LogP contribution >= 0.6 is 0 Å². The molecular weight excluding hydrogens is 388 g/mol. The van der Waals surface area contributed by atoms with Crippen molar-refractivity contribution in [2.45, 2.75) is 37.7 Å². The highest BCUT2D eigenvalue weighted by atomic mass is 16.5. The standard InChI is InChI=1S/C26H30N2O3/c1-30-22-8-6-19(7-9-22)16-20-10-15-31-26(18-20)11-13-28(14-12-26)25(29)24-17-21-4-2-3-5-23(21)27-24/h2-9,17,20,27H,10-16,18H2,1H3. The molecule has 1 spiro atoms. The zero-order valence-corrected chi connectivity index (χ0v) is 18.1. The van der Waals surface area contributed by atoms with Crippen LogP contribution in [0.2, 0.25) is 0 Å². The number of likely N-dealkylation sites (tertiary alicyclic amines) is 1. The van der Waals surface area contributed by atoms with Gasteiger partial charge < -0.3 is 19.4 Å². The third kappa shape index (κ3) is 4.19. The number of piperidine rings is 1. The highest BCUT2D eigenvalue weighted by Gasteiger charge is 2.41. The number of hydrogen-bond acceptors (Lipinski definition) is 3. The van der Waals surface area contributed by atoms with Gasteiger partial charge in [0, 0.05) is 30.6 Å². The fourth-order valence-corrected chi connectivity index (χ4v) is 5.22. The molecule has 5 rings (SSSR count). The molecule has 31 heavy (non-hydrogen) atoms. The van der Waals surface area contributed by atoms with E-state index in [-0.39, 0.29) is 11.5 Å². The number of amides is 1. The minimum atomic E-state index is -0.0768. The molecule has 1 aromatic heterocycles. The summed E-state index contributed by atoms with van der Waals surface area (Å²) in [5.74, 6) is 1.62. The van der Waals surface area contributed by atoms with Gasteiger partial charge in [-0.2, -0.15) is 0 Å². The van der Waals surface area contributed by atoms with E-state index in [1.54, 1.807) is 7.11 Å². The molecule has 5 heteroatoms. The van der Waals surface area contributed by atoms with E-state index < -0.39 is 0 Å². The van der Waals surface area contributed by atoms with Gasteiger partial charge in [0.25, 0.3) is 5.91 Å². The van der Waals surface area contributed by atoms with E-state index in [1.807, 2.05) is 47.4 Å². The van der Waals surface area contributed by atoms with E-state index in [0.717, 1.165) is 68.5 Å². The largest absolute Gasteiger partial charge is 0.497 e. The van der Waals surface area contributed by atoms with Crippen LogP contribution in [0.25, 0.3) is 10.9 Å². The third-order valence-corrected chi connectivity index (χ3v) is 7.00. The Bertz CT molecular complexity index is 1010. The highest BCUT2D eigenvalue weighted by molar-refractivity contribution is 5.98. The predicted molar refractivity (Wildman–Crippen MR) is 122 cm³/mol. The van der Waals surface area contributed by atoms with E-state index in [4.69, 9.17) is 9.47 Å². The van der Waals surface area contributed by atoms with Gasteiger partial charge in [0.05, 0.1) is 12.7 Å². The molecule has 1 N–H and O–H groups in total. The minimum Gasteiger partial charge on any atom is -0.497 e. The molecule has 0 saturated carbocycles. The van der Waals surface area contributed by atoms with Crippen LogP contribution in [0.3, 0.4) is 0 Å². The van der Waals surface area contributed by atoms with Gasteiger partial charge in [-0.15, -0.1) is 0 Å². The van der Waals surface area contributed by atoms with Crippen molar-refractivity contribution in [3.8, 4) is 5.75 Å². The van der Waals surface area contributed by atoms with E-state index in [0.29, 0.717) is 11.6 Å². The Morgan fingerprint density at radius 1 is 1.16 bits per heavy atom. The molecule has 2 saturated heterocycles. The summed E-state index contributed by atoms with van der Waals surface area (Å²) < 4.78 is 11.6. The molecule has 1 unspecified atom stereocenters. The lowest BCUT2D eigenvalue weighted by Crippen LogP contribution is -2.51. The molecule has 1 atom stereocenters. The van der Waals surface area contributed by atoms with Gasteiger partial charge in [0.1, 0.15) is 11.4 Å². The van der Waals surface area contributed by atoms with Gasteiger partial charge in [-0.3, -0.25) is 4.79 Å². The molecule has 162 valence electrons. The van der Waals surface area contributed by atoms with Gasteiger partial charge >= 0.3 is 0 Å². The molecule has 0 bridgehead atoms. The number of rotatable bonds is 4. The SMILES string of the molecule is COc1ccc(CC2CCOC3(CCN(C(=O)c4cc5ccccc5[nH]4)CC3)C2)cc1. The van der Waals surface area contributed by atoms with E-state index in [9.17, 15) is 4.79 Å². The van der Waals surface area contributed by atoms with Crippen LogP contribution < -0.4 is 4.74 Å². The van der Waals surface area contributed by atoms with E-state index in [2.05, 4.69) is 17.1 Å². The molecule has 3 heterocycles. The van der Waals surface area contributed by atoms with Gasteiger partial charge in [0.2, 0.25) is 0 Å². The number of hydrogen-bond donors (Lipinski definition) is 1. The van der Waals surface area contributed by atoms with Crippen molar-refractivity contribution in [1.29, 1.82) is 0 Å². The average Bonchev–Trinajstić information content (AvgIpc) is 3.24. The van der Waals surface area contributed by atoms with E-state index >= 15 is 0 Å². The number of aromatic nitrogens is 1. The van der Waals surface area contributed by atoms with Crippen LogP contribution in [0.15, 0.2) is 54.6 Å². The van der Waals surface area contributed by atoms with Crippen molar-refractivity contribution in [3.05, 3.63) is 65.9 Å². The summed E-state index contributed by atoms with van der Waals surface area (Å²) in [6.45, 7) is 2.32. The van der Waals surface area contributed by atoms with Crippen molar-refractivity contribution >= 4 is 16.8 Å². The van der Waals surface area contributed by atoms with Gasteiger partial charge in [-0.25, -0.2) is 0 Å². The first-order valence-electron chi connectivity index (χ1n) is 11.3. The number of para-hydroxylation sites is 1.